The van der Waals surface area contributed by atoms with Gasteiger partial charge in [-0.25, -0.2) is 0 Å². The molecule has 1 atom stereocenters. The highest BCUT2D eigenvalue weighted by Crippen LogP contribution is 2.43. The van der Waals surface area contributed by atoms with E-state index in [1.807, 2.05) is 24.3 Å². The minimum Gasteiger partial charge on any atom is -0.496 e. The zero-order chi connectivity index (χ0) is 10.0. The van der Waals surface area contributed by atoms with Crippen molar-refractivity contribution in [1.82, 2.24) is 0 Å². The van der Waals surface area contributed by atoms with Gasteiger partial charge in [-0.05, 0) is 12.0 Å². The number of benzene rings is 1. The Balaban J connectivity index is 2.37. The average molecular weight is 186 g/mol. The second-order valence-electron chi connectivity index (χ2n) is 3.65. The summed E-state index contributed by atoms with van der Waals surface area (Å²) in [5, 5.41) is 0. The Hall–Kier alpha value is -1.50. The van der Waals surface area contributed by atoms with Crippen molar-refractivity contribution in [2.45, 2.75) is 11.8 Å². The maximum Gasteiger partial charge on any atom is 0.105 e. The molecule has 1 aromatic carbocycles. The number of hydrogen-bond acceptors (Lipinski definition) is 1. The molecule has 1 unspecified atom stereocenters. The van der Waals surface area contributed by atoms with Crippen LogP contribution < -0.4 is 0 Å². The summed E-state index contributed by atoms with van der Waals surface area (Å²) in [4.78, 5) is 0. The molecule has 1 heteroatoms. The summed E-state index contributed by atoms with van der Waals surface area (Å²) in [6, 6.07) is 10.4. The molecule has 0 spiro atoms. The normalized spacial score (nSPS) is 25.0. The quantitative estimate of drug-likeness (QED) is 0.659. The molecular formula is C13H14O. The second kappa shape index (κ2) is 3.33. The fraction of sp³-hybridized carbons (Fsp3) is 0.231. The Morgan fingerprint density at radius 1 is 1.36 bits per heavy atom. The van der Waals surface area contributed by atoms with Crippen LogP contribution in [0.2, 0.25) is 0 Å². The highest BCUT2D eigenvalue weighted by atomic mass is 16.5. The Morgan fingerprint density at radius 3 is 2.50 bits per heavy atom. The van der Waals surface area contributed by atoms with E-state index < -0.39 is 0 Å². The smallest absolute Gasteiger partial charge is 0.105 e. The summed E-state index contributed by atoms with van der Waals surface area (Å²) in [5.74, 6) is 0.864. The van der Waals surface area contributed by atoms with Crippen molar-refractivity contribution in [3.05, 3.63) is 60.9 Å². The first-order valence-corrected chi connectivity index (χ1v) is 4.78. The minimum absolute atomic E-state index is 0.0109. The summed E-state index contributed by atoms with van der Waals surface area (Å²) in [6.07, 6.45) is 2.83. The molecule has 2 rings (SSSR count). The van der Waals surface area contributed by atoms with Gasteiger partial charge in [0.05, 0.1) is 5.41 Å². The SMILES string of the molecule is C=CCC1(c2ccccc2)COC1=C. The van der Waals surface area contributed by atoms with Crippen LogP contribution in [0.3, 0.4) is 0 Å². The molecule has 72 valence electrons. The molecule has 14 heavy (non-hydrogen) atoms. The molecule has 0 aromatic heterocycles. The van der Waals surface area contributed by atoms with E-state index in [1.165, 1.54) is 5.56 Å². The van der Waals surface area contributed by atoms with Crippen molar-refractivity contribution in [3.63, 3.8) is 0 Å². The topological polar surface area (TPSA) is 9.23 Å². The van der Waals surface area contributed by atoms with E-state index in [0.717, 1.165) is 18.8 Å². The van der Waals surface area contributed by atoms with E-state index in [9.17, 15) is 0 Å². The van der Waals surface area contributed by atoms with Gasteiger partial charge in [-0.2, -0.15) is 0 Å². The van der Waals surface area contributed by atoms with E-state index in [2.05, 4.69) is 25.3 Å². The van der Waals surface area contributed by atoms with Crippen LogP contribution in [-0.4, -0.2) is 6.61 Å². The standard InChI is InChI=1S/C13H14O/c1-3-9-13(10-14-11(13)2)12-7-5-4-6-8-12/h3-8H,1-2,9-10H2. The Kier molecular flexibility index (Phi) is 2.16. The van der Waals surface area contributed by atoms with E-state index in [-0.39, 0.29) is 5.41 Å². The number of rotatable bonds is 3. The fourth-order valence-corrected chi connectivity index (χ4v) is 1.89. The van der Waals surface area contributed by atoms with Gasteiger partial charge in [0.1, 0.15) is 12.4 Å². The van der Waals surface area contributed by atoms with Gasteiger partial charge in [-0.3, -0.25) is 0 Å². The lowest BCUT2D eigenvalue weighted by Crippen LogP contribution is -2.43. The van der Waals surface area contributed by atoms with Crippen LogP contribution in [0.4, 0.5) is 0 Å². The molecule has 1 aromatic rings. The van der Waals surface area contributed by atoms with Crippen molar-refractivity contribution in [2.75, 3.05) is 6.61 Å². The third-order valence-electron chi connectivity index (χ3n) is 2.85. The Morgan fingerprint density at radius 2 is 2.07 bits per heavy atom. The second-order valence-corrected chi connectivity index (χ2v) is 3.65. The largest absolute Gasteiger partial charge is 0.496 e. The highest BCUT2D eigenvalue weighted by molar-refractivity contribution is 5.37. The van der Waals surface area contributed by atoms with Gasteiger partial charge in [0.2, 0.25) is 0 Å². The van der Waals surface area contributed by atoms with Crippen LogP contribution >= 0.6 is 0 Å². The zero-order valence-corrected chi connectivity index (χ0v) is 8.20. The van der Waals surface area contributed by atoms with Crippen molar-refractivity contribution < 1.29 is 4.74 Å². The minimum atomic E-state index is -0.0109. The lowest BCUT2D eigenvalue weighted by molar-refractivity contribution is 0.0219. The van der Waals surface area contributed by atoms with Crippen molar-refractivity contribution in [3.8, 4) is 0 Å². The van der Waals surface area contributed by atoms with Crippen LogP contribution in [0.5, 0.6) is 0 Å². The molecule has 0 aliphatic carbocycles. The molecule has 1 heterocycles. The van der Waals surface area contributed by atoms with E-state index in [4.69, 9.17) is 4.74 Å². The van der Waals surface area contributed by atoms with Crippen molar-refractivity contribution >= 4 is 0 Å². The van der Waals surface area contributed by atoms with Gasteiger partial charge in [-0.1, -0.05) is 43.0 Å². The maximum atomic E-state index is 5.31. The first-order valence-electron chi connectivity index (χ1n) is 4.78. The fourth-order valence-electron chi connectivity index (χ4n) is 1.89. The molecule has 1 saturated heterocycles. The third-order valence-corrected chi connectivity index (χ3v) is 2.85. The predicted octanol–water partition coefficient (Wildman–Crippen LogP) is 3.04. The first-order chi connectivity index (χ1) is 6.79. The number of ether oxygens (including phenoxy) is 1. The van der Waals surface area contributed by atoms with E-state index in [0.29, 0.717) is 0 Å². The van der Waals surface area contributed by atoms with Crippen LogP contribution in [0.15, 0.2) is 55.3 Å². The molecule has 0 amide bonds. The van der Waals surface area contributed by atoms with E-state index in [1.54, 1.807) is 0 Å². The van der Waals surface area contributed by atoms with Crippen LogP contribution in [0, 0.1) is 0 Å². The van der Waals surface area contributed by atoms with Gasteiger partial charge in [0.25, 0.3) is 0 Å². The summed E-state index contributed by atoms with van der Waals surface area (Å²) in [6.45, 7) is 8.45. The van der Waals surface area contributed by atoms with Gasteiger partial charge < -0.3 is 4.74 Å². The van der Waals surface area contributed by atoms with E-state index >= 15 is 0 Å². The molecule has 1 fully saturated rings. The highest BCUT2D eigenvalue weighted by Gasteiger charge is 2.44. The summed E-state index contributed by atoms with van der Waals surface area (Å²) in [5.41, 5.74) is 1.26. The average Bonchev–Trinajstić information content (AvgIpc) is 2.25. The number of allylic oxidation sites excluding steroid dienone is 1. The summed E-state index contributed by atoms with van der Waals surface area (Å²) >= 11 is 0. The molecular weight excluding hydrogens is 172 g/mol. The number of hydrogen-bond donors (Lipinski definition) is 0. The summed E-state index contributed by atoms with van der Waals surface area (Å²) in [7, 11) is 0. The molecule has 1 nitrogen and oxygen atoms in total. The lowest BCUT2D eigenvalue weighted by Gasteiger charge is -2.43. The Labute approximate surface area is 84.7 Å². The van der Waals surface area contributed by atoms with Crippen LogP contribution in [0.1, 0.15) is 12.0 Å². The monoisotopic (exact) mass is 186 g/mol. The molecule has 0 saturated carbocycles. The van der Waals surface area contributed by atoms with Gasteiger partial charge in [0.15, 0.2) is 0 Å². The van der Waals surface area contributed by atoms with Crippen LogP contribution in [-0.2, 0) is 10.2 Å². The van der Waals surface area contributed by atoms with Crippen molar-refractivity contribution in [2.24, 2.45) is 0 Å². The third kappa shape index (κ3) is 1.17. The van der Waals surface area contributed by atoms with Crippen molar-refractivity contribution in [1.29, 1.82) is 0 Å². The van der Waals surface area contributed by atoms with Gasteiger partial charge in [-0.15, -0.1) is 6.58 Å². The molecule has 0 bridgehead atoms. The first kappa shape index (κ1) is 9.07. The summed E-state index contributed by atoms with van der Waals surface area (Å²) < 4.78 is 5.31. The predicted molar refractivity (Wildman–Crippen MR) is 58.0 cm³/mol. The lowest BCUT2D eigenvalue weighted by atomic mass is 9.73. The van der Waals surface area contributed by atoms with Gasteiger partial charge in [0, 0.05) is 0 Å². The Bertz CT molecular complexity index is 353. The molecule has 1 aliphatic rings. The zero-order valence-electron chi connectivity index (χ0n) is 8.20. The van der Waals surface area contributed by atoms with Crippen LogP contribution in [0.25, 0.3) is 0 Å². The molecule has 0 radical (unpaired) electrons. The maximum absolute atomic E-state index is 5.31. The molecule has 0 N–H and O–H groups in total. The molecule has 1 aliphatic heterocycles. The van der Waals surface area contributed by atoms with Gasteiger partial charge >= 0.3 is 0 Å².